The number of aromatic nitrogens is 2. The Bertz CT molecular complexity index is 655. The SMILES string of the molecule is N#Cc1c(-c2ccc(Cl)cc2)nc(N)[nH]c1=O. The lowest BCUT2D eigenvalue weighted by Gasteiger charge is -2.03. The second-order valence-electron chi connectivity index (χ2n) is 3.29. The third-order valence-electron chi connectivity index (χ3n) is 2.17. The minimum atomic E-state index is -0.551. The average molecular weight is 247 g/mol. The van der Waals surface area contributed by atoms with Crippen LogP contribution in [0.3, 0.4) is 0 Å². The van der Waals surface area contributed by atoms with Gasteiger partial charge < -0.3 is 5.73 Å². The molecule has 84 valence electrons. The van der Waals surface area contributed by atoms with E-state index in [-0.39, 0.29) is 17.2 Å². The second-order valence-corrected chi connectivity index (χ2v) is 3.73. The number of halogens is 1. The summed E-state index contributed by atoms with van der Waals surface area (Å²) in [5.74, 6) is -0.0287. The van der Waals surface area contributed by atoms with Crippen molar-refractivity contribution in [2.75, 3.05) is 5.73 Å². The quantitative estimate of drug-likeness (QED) is 0.798. The largest absolute Gasteiger partial charge is 0.369 e. The van der Waals surface area contributed by atoms with Gasteiger partial charge in [0.2, 0.25) is 5.95 Å². The molecule has 0 fully saturated rings. The van der Waals surface area contributed by atoms with Crippen LogP contribution in [0.25, 0.3) is 11.3 Å². The maximum absolute atomic E-state index is 11.5. The second kappa shape index (κ2) is 4.28. The van der Waals surface area contributed by atoms with Gasteiger partial charge in [-0.2, -0.15) is 5.26 Å². The van der Waals surface area contributed by atoms with Crippen molar-refractivity contribution < 1.29 is 0 Å². The van der Waals surface area contributed by atoms with Crippen LogP contribution in [0, 0.1) is 11.3 Å². The van der Waals surface area contributed by atoms with Crippen LogP contribution in [-0.2, 0) is 0 Å². The molecule has 0 atom stereocenters. The molecule has 0 amide bonds. The maximum Gasteiger partial charge on any atom is 0.270 e. The van der Waals surface area contributed by atoms with Crippen LogP contribution in [0.2, 0.25) is 5.02 Å². The van der Waals surface area contributed by atoms with Gasteiger partial charge in [-0.1, -0.05) is 23.7 Å². The molecule has 3 N–H and O–H groups in total. The molecule has 2 aromatic rings. The Morgan fingerprint density at radius 2 is 2.00 bits per heavy atom. The number of anilines is 1. The van der Waals surface area contributed by atoms with Gasteiger partial charge >= 0.3 is 0 Å². The topological polar surface area (TPSA) is 95.6 Å². The molecule has 17 heavy (non-hydrogen) atoms. The Labute approximate surface area is 101 Å². The minimum absolute atomic E-state index is 0.0287. The van der Waals surface area contributed by atoms with Crippen molar-refractivity contribution in [2.24, 2.45) is 0 Å². The fourth-order valence-electron chi connectivity index (χ4n) is 1.41. The molecule has 0 spiro atoms. The third-order valence-corrected chi connectivity index (χ3v) is 2.42. The average Bonchev–Trinajstić information content (AvgIpc) is 2.29. The number of rotatable bonds is 1. The molecule has 1 heterocycles. The van der Waals surface area contributed by atoms with Crippen molar-refractivity contribution in [1.29, 1.82) is 5.26 Å². The van der Waals surface area contributed by atoms with Crippen molar-refractivity contribution in [3.05, 3.63) is 45.2 Å². The van der Waals surface area contributed by atoms with Crippen LogP contribution >= 0.6 is 11.6 Å². The van der Waals surface area contributed by atoms with E-state index in [9.17, 15) is 4.79 Å². The molecule has 0 radical (unpaired) electrons. The molecule has 0 aliphatic rings. The highest BCUT2D eigenvalue weighted by atomic mass is 35.5. The van der Waals surface area contributed by atoms with E-state index in [1.807, 2.05) is 6.07 Å². The van der Waals surface area contributed by atoms with Gasteiger partial charge in [-0.05, 0) is 12.1 Å². The predicted octanol–water partition coefficient (Wildman–Crippen LogP) is 1.54. The molecule has 0 saturated heterocycles. The summed E-state index contributed by atoms with van der Waals surface area (Å²) in [6.45, 7) is 0. The zero-order valence-corrected chi connectivity index (χ0v) is 9.32. The first-order valence-electron chi connectivity index (χ1n) is 4.67. The summed E-state index contributed by atoms with van der Waals surface area (Å²) >= 11 is 5.76. The first-order valence-corrected chi connectivity index (χ1v) is 5.05. The normalized spacial score (nSPS) is 9.88. The summed E-state index contributed by atoms with van der Waals surface area (Å²) in [4.78, 5) is 17.7. The van der Waals surface area contributed by atoms with Crippen molar-refractivity contribution in [3.8, 4) is 17.3 Å². The van der Waals surface area contributed by atoms with Crippen molar-refractivity contribution in [1.82, 2.24) is 9.97 Å². The monoisotopic (exact) mass is 246 g/mol. The lowest BCUT2D eigenvalue weighted by molar-refractivity contribution is 1.12. The van der Waals surface area contributed by atoms with E-state index in [0.29, 0.717) is 10.6 Å². The summed E-state index contributed by atoms with van der Waals surface area (Å²) < 4.78 is 0. The van der Waals surface area contributed by atoms with Gasteiger partial charge in [-0.15, -0.1) is 0 Å². The van der Waals surface area contributed by atoms with E-state index in [1.165, 1.54) is 0 Å². The Morgan fingerprint density at radius 3 is 2.59 bits per heavy atom. The number of nitrogens with one attached hydrogen (secondary N) is 1. The van der Waals surface area contributed by atoms with Crippen LogP contribution in [0.4, 0.5) is 5.95 Å². The van der Waals surface area contributed by atoms with Gasteiger partial charge in [0.25, 0.3) is 5.56 Å². The van der Waals surface area contributed by atoms with E-state index in [2.05, 4.69) is 9.97 Å². The van der Waals surface area contributed by atoms with Crippen molar-refractivity contribution in [2.45, 2.75) is 0 Å². The Hall–Kier alpha value is -2.32. The lowest BCUT2D eigenvalue weighted by atomic mass is 10.1. The van der Waals surface area contributed by atoms with E-state index in [0.717, 1.165) is 0 Å². The zero-order chi connectivity index (χ0) is 12.4. The maximum atomic E-state index is 11.5. The Balaban J connectivity index is 2.71. The van der Waals surface area contributed by atoms with Crippen LogP contribution in [-0.4, -0.2) is 9.97 Å². The molecule has 6 heteroatoms. The van der Waals surface area contributed by atoms with Gasteiger partial charge in [0.05, 0.1) is 5.69 Å². The summed E-state index contributed by atoms with van der Waals surface area (Å²) in [6, 6.07) is 8.45. The zero-order valence-electron chi connectivity index (χ0n) is 8.57. The van der Waals surface area contributed by atoms with Gasteiger partial charge in [0, 0.05) is 10.6 Å². The highest BCUT2D eigenvalue weighted by molar-refractivity contribution is 6.30. The fraction of sp³-hybridized carbons (Fsp3) is 0. The Morgan fingerprint density at radius 1 is 1.35 bits per heavy atom. The van der Waals surface area contributed by atoms with Gasteiger partial charge in [-0.3, -0.25) is 9.78 Å². The highest BCUT2D eigenvalue weighted by Crippen LogP contribution is 2.21. The van der Waals surface area contributed by atoms with Gasteiger partial charge in [0.1, 0.15) is 11.6 Å². The lowest BCUT2D eigenvalue weighted by Crippen LogP contribution is -2.16. The molecule has 1 aromatic carbocycles. The minimum Gasteiger partial charge on any atom is -0.369 e. The number of aromatic amines is 1. The summed E-state index contributed by atoms with van der Waals surface area (Å²) in [5, 5.41) is 9.49. The standard InChI is InChI=1S/C11H7ClN4O/c12-7-3-1-6(2-4-7)9-8(5-13)10(17)16-11(14)15-9/h1-4H,(H3,14,15,16,17). The van der Waals surface area contributed by atoms with Crippen LogP contribution in [0.1, 0.15) is 5.56 Å². The fourth-order valence-corrected chi connectivity index (χ4v) is 1.54. The summed E-state index contributed by atoms with van der Waals surface area (Å²) in [6.07, 6.45) is 0. The number of H-pyrrole nitrogens is 1. The molecular formula is C11H7ClN4O. The first kappa shape index (κ1) is 11.2. The van der Waals surface area contributed by atoms with Gasteiger partial charge in [0.15, 0.2) is 0 Å². The number of hydrogen-bond donors (Lipinski definition) is 2. The van der Waals surface area contributed by atoms with Crippen molar-refractivity contribution >= 4 is 17.5 Å². The van der Waals surface area contributed by atoms with Gasteiger partial charge in [-0.25, -0.2) is 4.98 Å². The third kappa shape index (κ3) is 2.12. The summed E-state index contributed by atoms with van der Waals surface area (Å²) in [7, 11) is 0. The predicted molar refractivity (Wildman–Crippen MR) is 64.4 cm³/mol. The van der Waals surface area contributed by atoms with E-state index >= 15 is 0 Å². The molecule has 0 aliphatic heterocycles. The number of nitrogens with two attached hydrogens (primary N) is 1. The number of nitrogens with zero attached hydrogens (tertiary/aromatic N) is 2. The van der Waals surface area contributed by atoms with Crippen molar-refractivity contribution in [3.63, 3.8) is 0 Å². The first-order chi connectivity index (χ1) is 8.11. The molecule has 0 unspecified atom stereocenters. The molecule has 1 aromatic heterocycles. The number of nitrogen functional groups attached to an aromatic ring is 1. The van der Waals surface area contributed by atoms with Crippen LogP contribution in [0.5, 0.6) is 0 Å². The van der Waals surface area contributed by atoms with E-state index < -0.39 is 5.56 Å². The summed E-state index contributed by atoms with van der Waals surface area (Å²) in [5.41, 5.74) is 5.70. The van der Waals surface area contributed by atoms with Crippen LogP contribution in [0.15, 0.2) is 29.1 Å². The van der Waals surface area contributed by atoms with E-state index in [1.54, 1.807) is 24.3 Å². The smallest absolute Gasteiger partial charge is 0.270 e. The molecule has 0 aliphatic carbocycles. The number of benzene rings is 1. The molecule has 0 saturated carbocycles. The Kier molecular flexibility index (Phi) is 2.81. The van der Waals surface area contributed by atoms with Crippen LogP contribution < -0.4 is 11.3 Å². The number of nitriles is 1. The van der Waals surface area contributed by atoms with E-state index in [4.69, 9.17) is 22.6 Å². The number of hydrogen-bond acceptors (Lipinski definition) is 4. The molecular weight excluding hydrogens is 240 g/mol. The highest BCUT2D eigenvalue weighted by Gasteiger charge is 2.11. The molecule has 0 bridgehead atoms. The molecule has 2 rings (SSSR count). The molecule has 5 nitrogen and oxygen atoms in total.